The normalized spacial score (nSPS) is 16.2. The summed E-state index contributed by atoms with van der Waals surface area (Å²) in [6, 6.07) is 12.2. The summed E-state index contributed by atoms with van der Waals surface area (Å²) < 4.78 is 15.6. The van der Waals surface area contributed by atoms with Crippen LogP contribution in [0.3, 0.4) is 0 Å². The molecular formula is C22H20N2O6. The van der Waals surface area contributed by atoms with Gasteiger partial charge in [-0.15, -0.1) is 0 Å². The van der Waals surface area contributed by atoms with Crippen molar-refractivity contribution < 1.29 is 28.6 Å². The highest BCUT2D eigenvalue weighted by molar-refractivity contribution is 6.14. The van der Waals surface area contributed by atoms with E-state index in [1.54, 1.807) is 62.4 Å². The van der Waals surface area contributed by atoms with Crippen molar-refractivity contribution in [2.24, 2.45) is 0 Å². The maximum absolute atomic E-state index is 12.8. The molecule has 0 saturated carbocycles. The molecule has 8 nitrogen and oxygen atoms in total. The Bertz CT molecular complexity index is 1060. The Labute approximate surface area is 173 Å². The van der Waals surface area contributed by atoms with Crippen LogP contribution in [0.1, 0.15) is 19.4 Å². The largest absolute Gasteiger partial charge is 0.454 e. The number of esters is 1. The van der Waals surface area contributed by atoms with Crippen LogP contribution >= 0.6 is 0 Å². The summed E-state index contributed by atoms with van der Waals surface area (Å²) in [6.07, 6.45) is 2.79. The maximum Gasteiger partial charge on any atom is 0.331 e. The molecular weight excluding hydrogens is 388 g/mol. The van der Waals surface area contributed by atoms with E-state index in [9.17, 15) is 14.4 Å². The molecule has 0 saturated heterocycles. The Balaban J connectivity index is 1.42. The number of hydrogen-bond donors (Lipinski definition) is 1. The second-order valence-corrected chi connectivity index (χ2v) is 7.31. The predicted molar refractivity (Wildman–Crippen MR) is 109 cm³/mol. The van der Waals surface area contributed by atoms with Crippen LogP contribution < -0.4 is 19.7 Å². The molecule has 0 bridgehead atoms. The fourth-order valence-electron chi connectivity index (χ4n) is 3.32. The first kappa shape index (κ1) is 19.5. The second-order valence-electron chi connectivity index (χ2n) is 7.31. The number of benzene rings is 2. The SMILES string of the molecule is CC1(C)C(=O)Nc2ccccc2N1C(=O)COC(=O)/C=C/c1ccc2c(c1)OCO2. The van der Waals surface area contributed by atoms with Gasteiger partial charge in [-0.05, 0) is 49.8 Å². The van der Waals surface area contributed by atoms with Crippen molar-refractivity contribution in [1.82, 2.24) is 0 Å². The number of ether oxygens (including phenoxy) is 3. The monoisotopic (exact) mass is 408 g/mol. The van der Waals surface area contributed by atoms with E-state index < -0.39 is 24.0 Å². The number of fused-ring (bicyclic) bond motifs is 2. The van der Waals surface area contributed by atoms with Crippen LogP contribution in [-0.4, -0.2) is 36.7 Å². The predicted octanol–water partition coefficient (Wildman–Crippen LogP) is 2.74. The van der Waals surface area contributed by atoms with Crippen molar-refractivity contribution in [2.75, 3.05) is 23.6 Å². The van der Waals surface area contributed by atoms with Gasteiger partial charge in [0.2, 0.25) is 12.7 Å². The zero-order valence-electron chi connectivity index (χ0n) is 16.5. The molecule has 0 spiro atoms. The first-order valence-corrected chi connectivity index (χ1v) is 9.34. The van der Waals surface area contributed by atoms with Crippen LogP contribution in [0.25, 0.3) is 6.08 Å². The highest BCUT2D eigenvalue weighted by atomic mass is 16.7. The molecule has 1 N–H and O–H groups in total. The lowest BCUT2D eigenvalue weighted by Gasteiger charge is -2.41. The van der Waals surface area contributed by atoms with Gasteiger partial charge in [-0.1, -0.05) is 18.2 Å². The van der Waals surface area contributed by atoms with Crippen LogP contribution in [0.5, 0.6) is 11.5 Å². The lowest BCUT2D eigenvalue weighted by Crippen LogP contribution is -2.59. The van der Waals surface area contributed by atoms with Gasteiger partial charge >= 0.3 is 5.97 Å². The van der Waals surface area contributed by atoms with Gasteiger partial charge in [-0.2, -0.15) is 0 Å². The summed E-state index contributed by atoms with van der Waals surface area (Å²) >= 11 is 0. The fourth-order valence-corrected chi connectivity index (χ4v) is 3.32. The number of hydrogen-bond acceptors (Lipinski definition) is 6. The lowest BCUT2D eigenvalue weighted by molar-refractivity contribution is -0.143. The number of nitrogens with one attached hydrogen (secondary N) is 1. The van der Waals surface area contributed by atoms with Crippen molar-refractivity contribution in [1.29, 1.82) is 0 Å². The molecule has 0 aliphatic carbocycles. The van der Waals surface area contributed by atoms with E-state index in [4.69, 9.17) is 14.2 Å². The number of carbonyl (C=O) groups is 3. The number of carbonyl (C=O) groups excluding carboxylic acids is 3. The Morgan fingerprint density at radius 3 is 2.77 bits per heavy atom. The summed E-state index contributed by atoms with van der Waals surface area (Å²) in [5.74, 6) is -0.233. The van der Waals surface area contributed by atoms with Crippen molar-refractivity contribution in [3.63, 3.8) is 0 Å². The first-order chi connectivity index (χ1) is 14.4. The second kappa shape index (κ2) is 7.55. The summed E-state index contributed by atoms with van der Waals surface area (Å²) in [5, 5.41) is 2.79. The van der Waals surface area contributed by atoms with Crippen molar-refractivity contribution in [3.8, 4) is 11.5 Å². The summed E-state index contributed by atoms with van der Waals surface area (Å²) in [6.45, 7) is 2.95. The molecule has 2 heterocycles. The van der Waals surface area contributed by atoms with E-state index >= 15 is 0 Å². The van der Waals surface area contributed by atoms with Gasteiger partial charge in [0.05, 0.1) is 11.4 Å². The Hall–Kier alpha value is -3.81. The number of para-hydroxylation sites is 2. The number of nitrogens with zero attached hydrogens (tertiary/aromatic N) is 1. The van der Waals surface area contributed by atoms with E-state index in [1.165, 1.54) is 11.0 Å². The average molecular weight is 408 g/mol. The number of amides is 2. The van der Waals surface area contributed by atoms with E-state index in [2.05, 4.69) is 5.32 Å². The van der Waals surface area contributed by atoms with E-state index in [0.717, 1.165) is 5.56 Å². The Morgan fingerprint density at radius 1 is 1.17 bits per heavy atom. The van der Waals surface area contributed by atoms with Crippen LogP contribution in [0, 0.1) is 0 Å². The molecule has 2 aromatic rings. The third kappa shape index (κ3) is 3.59. The molecule has 2 amide bonds. The molecule has 0 unspecified atom stereocenters. The minimum Gasteiger partial charge on any atom is -0.454 e. The minimum absolute atomic E-state index is 0.167. The zero-order valence-corrected chi connectivity index (χ0v) is 16.5. The molecule has 0 atom stereocenters. The molecule has 0 aromatic heterocycles. The molecule has 154 valence electrons. The molecule has 4 rings (SSSR count). The Kier molecular flexibility index (Phi) is 4.91. The summed E-state index contributed by atoms with van der Waals surface area (Å²) in [4.78, 5) is 38.7. The molecule has 2 aliphatic rings. The average Bonchev–Trinajstić information content (AvgIpc) is 3.19. The third-order valence-corrected chi connectivity index (χ3v) is 4.90. The van der Waals surface area contributed by atoms with Crippen LogP contribution in [0.2, 0.25) is 0 Å². The van der Waals surface area contributed by atoms with Gasteiger partial charge < -0.3 is 19.5 Å². The summed E-state index contributed by atoms with van der Waals surface area (Å²) in [7, 11) is 0. The molecule has 0 fully saturated rings. The topological polar surface area (TPSA) is 94.2 Å². The highest BCUT2D eigenvalue weighted by Gasteiger charge is 2.43. The molecule has 8 heteroatoms. The zero-order chi connectivity index (χ0) is 21.3. The van der Waals surface area contributed by atoms with Crippen LogP contribution in [0.4, 0.5) is 11.4 Å². The van der Waals surface area contributed by atoms with E-state index in [1.807, 2.05) is 0 Å². The van der Waals surface area contributed by atoms with Crippen LogP contribution in [0.15, 0.2) is 48.5 Å². The van der Waals surface area contributed by atoms with Crippen molar-refractivity contribution >= 4 is 35.2 Å². The minimum atomic E-state index is -1.12. The van der Waals surface area contributed by atoms with Crippen molar-refractivity contribution in [2.45, 2.75) is 19.4 Å². The number of anilines is 2. The molecule has 30 heavy (non-hydrogen) atoms. The number of rotatable bonds is 4. The lowest BCUT2D eigenvalue weighted by atomic mass is 9.96. The molecule has 0 radical (unpaired) electrons. The van der Waals surface area contributed by atoms with Gasteiger partial charge in [-0.3, -0.25) is 14.5 Å². The standard InChI is InChI=1S/C22H20N2O6/c1-22(2)21(27)23-15-5-3-4-6-16(15)24(22)19(25)12-28-20(26)10-8-14-7-9-17-18(11-14)30-13-29-17/h3-11H,12-13H2,1-2H3,(H,23,27)/b10-8+. The van der Waals surface area contributed by atoms with E-state index in [0.29, 0.717) is 22.9 Å². The molecule has 2 aromatic carbocycles. The molecule has 2 aliphatic heterocycles. The van der Waals surface area contributed by atoms with Crippen molar-refractivity contribution in [3.05, 3.63) is 54.1 Å². The van der Waals surface area contributed by atoms with Gasteiger partial charge in [0, 0.05) is 6.08 Å². The van der Waals surface area contributed by atoms with Gasteiger partial charge in [-0.25, -0.2) is 4.79 Å². The van der Waals surface area contributed by atoms with Gasteiger partial charge in [0.25, 0.3) is 5.91 Å². The Morgan fingerprint density at radius 2 is 1.93 bits per heavy atom. The van der Waals surface area contributed by atoms with Gasteiger partial charge in [0.1, 0.15) is 5.54 Å². The van der Waals surface area contributed by atoms with Gasteiger partial charge in [0.15, 0.2) is 18.1 Å². The first-order valence-electron chi connectivity index (χ1n) is 9.34. The smallest absolute Gasteiger partial charge is 0.331 e. The maximum atomic E-state index is 12.8. The highest BCUT2D eigenvalue weighted by Crippen LogP contribution is 2.36. The van der Waals surface area contributed by atoms with E-state index in [-0.39, 0.29) is 12.7 Å². The van der Waals surface area contributed by atoms with Crippen LogP contribution in [-0.2, 0) is 19.1 Å². The quantitative estimate of drug-likeness (QED) is 0.618. The third-order valence-electron chi connectivity index (χ3n) is 4.90. The summed E-state index contributed by atoms with van der Waals surface area (Å²) in [5.41, 5.74) is 0.689. The fraction of sp³-hybridized carbons (Fsp3) is 0.227.